The first kappa shape index (κ1) is 15.3. The van der Waals surface area contributed by atoms with Gasteiger partial charge in [0, 0.05) is 21.6 Å². The standard InChI is InChI=1S/C16H13ClN4OS/c17-12-7-4-8-13-11(12)9-14(19-13)15(22)20-21-16(23)18-10-5-2-1-3-6-10/h1-9,19H,(H,20,22)(H2,18,21,23). The van der Waals surface area contributed by atoms with Crippen LogP contribution < -0.4 is 16.2 Å². The van der Waals surface area contributed by atoms with Crippen molar-refractivity contribution in [1.82, 2.24) is 15.8 Å². The van der Waals surface area contributed by atoms with Gasteiger partial charge in [0.25, 0.3) is 5.91 Å². The molecule has 0 spiro atoms. The lowest BCUT2D eigenvalue weighted by Crippen LogP contribution is -2.43. The Morgan fingerprint density at radius 3 is 2.57 bits per heavy atom. The maximum atomic E-state index is 12.1. The van der Waals surface area contributed by atoms with E-state index < -0.39 is 0 Å². The molecule has 5 nitrogen and oxygen atoms in total. The molecular weight excluding hydrogens is 332 g/mol. The Bertz CT molecular complexity index is 863. The fourth-order valence-corrected chi connectivity index (χ4v) is 2.50. The number of hydrazine groups is 1. The van der Waals surface area contributed by atoms with Crippen molar-refractivity contribution in [3.63, 3.8) is 0 Å². The average molecular weight is 345 g/mol. The molecule has 0 fully saturated rings. The van der Waals surface area contributed by atoms with Crippen LogP contribution in [0.1, 0.15) is 10.5 Å². The summed E-state index contributed by atoms with van der Waals surface area (Å²) < 4.78 is 0. The van der Waals surface area contributed by atoms with Gasteiger partial charge in [-0.3, -0.25) is 15.6 Å². The molecule has 3 rings (SSSR count). The molecule has 0 bridgehead atoms. The van der Waals surface area contributed by atoms with E-state index >= 15 is 0 Å². The number of halogens is 1. The van der Waals surface area contributed by atoms with Crippen LogP contribution in [0.25, 0.3) is 10.9 Å². The van der Waals surface area contributed by atoms with Gasteiger partial charge >= 0.3 is 0 Å². The van der Waals surface area contributed by atoms with E-state index in [9.17, 15) is 4.79 Å². The molecule has 3 aromatic rings. The highest BCUT2D eigenvalue weighted by Crippen LogP contribution is 2.23. The zero-order valence-electron chi connectivity index (χ0n) is 11.9. The Morgan fingerprint density at radius 2 is 1.83 bits per heavy atom. The number of aromatic amines is 1. The lowest BCUT2D eigenvalue weighted by Gasteiger charge is -2.10. The van der Waals surface area contributed by atoms with Gasteiger partial charge in [-0.05, 0) is 42.5 Å². The molecule has 0 aliphatic rings. The van der Waals surface area contributed by atoms with Crippen LogP contribution in [0.15, 0.2) is 54.6 Å². The lowest BCUT2D eigenvalue weighted by molar-refractivity contribution is 0.0940. The van der Waals surface area contributed by atoms with Crippen molar-refractivity contribution in [2.45, 2.75) is 0 Å². The summed E-state index contributed by atoms with van der Waals surface area (Å²) in [6, 6.07) is 16.6. The molecule has 2 aromatic carbocycles. The highest BCUT2D eigenvalue weighted by atomic mass is 35.5. The van der Waals surface area contributed by atoms with Crippen LogP contribution in [-0.2, 0) is 0 Å². The Kier molecular flexibility index (Phi) is 4.45. The Morgan fingerprint density at radius 1 is 1.04 bits per heavy atom. The van der Waals surface area contributed by atoms with Gasteiger partial charge in [0.2, 0.25) is 0 Å². The van der Waals surface area contributed by atoms with E-state index in [0.717, 1.165) is 16.6 Å². The Balaban J connectivity index is 1.62. The molecule has 0 unspecified atom stereocenters. The molecule has 1 amide bonds. The maximum absolute atomic E-state index is 12.1. The number of anilines is 1. The van der Waals surface area contributed by atoms with Gasteiger partial charge in [0.15, 0.2) is 5.11 Å². The fraction of sp³-hybridized carbons (Fsp3) is 0. The molecule has 4 N–H and O–H groups in total. The number of para-hydroxylation sites is 1. The minimum Gasteiger partial charge on any atom is -0.350 e. The molecule has 23 heavy (non-hydrogen) atoms. The fourth-order valence-electron chi connectivity index (χ4n) is 2.11. The van der Waals surface area contributed by atoms with E-state index in [0.29, 0.717) is 15.8 Å². The third kappa shape index (κ3) is 3.61. The predicted octanol–water partition coefficient (Wildman–Crippen LogP) is 3.45. The van der Waals surface area contributed by atoms with Gasteiger partial charge in [-0.25, -0.2) is 0 Å². The molecule has 0 saturated heterocycles. The summed E-state index contributed by atoms with van der Waals surface area (Å²) in [5, 5.41) is 4.63. The van der Waals surface area contributed by atoms with Crippen molar-refractivity contribution in [1.29, 1.82) is 0 Å². The van der Waals surface area contributed by atoms with E-state index in [4.69, 9.17) is 23.8 Å². The van der Waals surface area contributed by atoms with E-state index in [1.807, 2.05) is 42.5 Å². The van der Waals surface area contributed by atoms with Crippen molar-refractivity contribution < 1.29 is 4.79 Å². The number of carbonyl (C=O) groups excluding carboxylic acids is 1. The maximum Gasteiger partial charge on any atom is 0.286 e. The third-order valence-electron chi connectivity index (χ3n) is 3.18. The number of hydrogen-bond donors (Lipinski definition) is 4. The highest BCUT2D eigenvalue weighted by molar-refractivity contribution is 7.80. The second-order valence-corrected chi connectivity index (χ2v) is 5.60. The predicted molar refractivity (Wildman–Crippen MR) is 96.6 cm³/mol. The molecule has 0 saturated carbocycles. The van der Waals surface area contributed by atoms with Crippen LogP contribution in [0.4, 0.5) is 5.69 Å². The van der Waals surface area contributed by atoms with Crippen molar-refractivity contribution in [3.8, 4) is 0 Å². The Labute approximate surface area is 143 Å². The van der Waals surface area contributed by atoms with E-state index in [2.05, 4.69) is 21.2 Å². The molecule has 1 heterocycles. The van der Waals surface area contributed by atoms with Crippen molar-refractivity contribution in [2.75, 3.05) is 5.32 Å². The molecular formula is C16H13ClN4OS. The molecule has 0 aliphatic heterocycles. The first-order chi connectivity index (χ1) is 11.1. The summed E-state index contributed by atoms with van der Waals surface area (Å²) >= 11 is 11.2. The van der Waals surface area contributed by atoms with Crippen LogP contribution >= 0.6 is 23.8 Å². The van der Waals surface area contributed by atoms with E-state index in [-0.39, 0.29) is 5.91 Å². The van der Waals surface area contributed by atoms with Crippen LogP contribution in [-0.4, -0.2) is 16.0 Å². The zero-order chi connectivity index (χ0) is 16.2. The number of benzene rings is 2. The normalized spacial score (nSPS) is 10.3. The van der Waals surface area contributed by atoms with Crippen molar-refractivity contribution in [2.24, 2.45) is 0 Å². The molecule has 0 aliphatic carbocycles. The smallest absolute Gasteiger partial charge is 0.286 e. The van der Waals surface area contributed by atoms with Crippen molar-refractivity contribution >= 4 is 51.4 Å². The summed E-state index contributed by atoms with van der Waals surface area (Å²) in [5.41, 5.74) is 7.21. The number of thiocarbonyl (C=S) groups is 1. The van der Waals surface area contributed by atoms with Gasteiger partial charge < -0.3 is 10.3 Å². The van der Waals surface area contributed by atoms with Gasteiger partial charge in [-0.2, -0.15) is 0 Å². The van der Waals surface area contributed by atoms with Crippen LogP contribution in [0, 0.1) is 0 Å². The second-order valence-electron chi connectivity index (χ2n) is 4.78. The van der Waals surface area contributed by atoms with Crippen LogP contribution in [0.5, 0.6) is 0 Å². The monoisotopic (exact) mass is 344 g/mol. The number of carbonyl (C=O) groups is 1. The number of nitrogens with one attached hydrogen (secondary N) is 4. The summed E-state index contributed by atoms with van der Waals surface area (Å²) in [7, 11) is 0. The van der Waals surface area contributed by atoms with Gasteiger partial charge in [-0.15, -0.1) is 0 Å². The third-order valence-corrected chi connectivity index (χ3v) is 3.71. The minimum atomic E-state index is -0.338. The highest BCUT2D eigenvalue weighted by Gasteiger charge is 2.11. The van der Waals surface area contributed by atoms with Crippen LogP contribution in [0.3, 0.4) is 0 Å². The summed E-state index contributed by atoms with van der Waals surface area (Å²) in [4.78, 5) is 15.2. The average Bonchev–Trinajstić information content (AvgIpc) is 2.99. The molecule has 1 aromatic heterocycles. The van der Waals surface area contributed by atoms with E-state index in [1.165, 1.54) is 0 Å². The van der Waals surface area contributed by atoms with Crippen LogP contribution in [0.2, 0.25) is 5.02 Å². The summed E-state index contributed by atoms with van der Waals surface area (Å²) in [6.07, 6.45) is 0. The zero-order valence-corrected chi connectivity index (χ0v) is 13.5. The van der Waals surface area contributed by atoms with Gasteiger partial charge in [0.1, 0.15) is 5.69 Å². The number of amides is 1. The SMILES string of the molecule is O=C(NNC(=S)Nc1ccccc1)c1cc2c(Cl)cccc2[nH]1. The molecule has 0 radical (unpaired) electrons. The number of rotatable bonds is 2. The lowest BCUT2D eigenvalue weighted by atomic mass is 10.2. The van der Waals surface area contributed by atoms with Gasteiger partial charge in [0.05, 0.1) is 0 Å². The molecule has 116 valence electrons. The number of aromatic nitrogens is 1. The first-order valence-corrected chi connectivity index (χ1v) is 7.62. The van der Waals surface area contributed by atoms with Crippen molar-refractivity contribution in [3.05, 3.63) is 65.3 Å². The number of H-pyrrole nitrogens is 1. The molecule has 7 heteroatoms. The topological polar surface area (TPSA) is 69.0 Å². The second kappa shape index (κ2) is 6.68. The molecule has 0 atom stereocenters. The number of hydrogen-bond acceptors (Lipinski definition) is 2. The summed E-state index contributed by atoms with van der Waals surface area (Å²) in [6.45, 7) is 0. The van der Waals surface area contributed by atoms with E-state index in [1.54, 1.807) is 12.1 Å². The minimum absolute atomic E-state index is 0.290. The quantitative estimate of drug-likeness (QED) is 0.424. The summed E-state index contributed by atoms with van der Waals surface area (Å²) in [5.74, 6) is -0.338. The number of fused-ring (bicyclic) bond motifs is 1. The Hall–Kier alpha value is -2.57. The largest absolute Gasteiger partial charge is 0.350 e. The first-order valence-electron chi connectivity index (χ1n) is 6.83. The van der Waals surface area contributed by atoms with Gasteiger partial charge in [-0.1, -0.05) is 35.9 Å².